The molecule has 1 rings (SSSR count). The van der Waals surface area contributed by atoms with Crippen molar-refractivity contribution in [1.29, 1.82) is 0 Å². The van der Waals surface area contributed by atoms with E-state index in [1.54, 1.807) is 6.92 Å². The Bertz CT molecular complexity index is 313. The molecule has 1 amide bonds. The van der Waals surface area contributed by atoms with E-state index in [1.807, 2.05) is 0 Å². The Morgan fingerprint density at radius 2 is 2.13 bits per heavy atom. The standard InChI is InChI=1S/C9H18N2O3S/c1-2-9(12)10-5-7-11-6-3-4-8-15(11,13)14/h2-8H2,1H3,(H,10,12). The quantitative estimate of drug-likeness (QED) is 0.741. The van der Waals surface area contributed by atoms with E-state index in [9.17, 15) is 13.2 Å². The van der Waals surface area contributed by atoms with Crippen LogP contribution in [0.2, 0.25) is 0 Å². The SMILES string of the molecule is CCC(=O)NCCN1CCCCS1(=O)=O. The van der Waals surface area contributed by atoms with Crippen LogP contribution in [0.15, 0.2) is 0 Å². The fourth-order valence-electron chi connectivity index (χ4n) is 1.54. The smallest absolute Gasteiger partial charge is 0.219 e. The first kappa shape index (κ1) is 12.4. The van der Waals surface area contributed by atoms with E-state index in [1.165, 1.54) is 4.31 Å². The summed E-state index contributed by atoms with van der Waals surface area (Å²) in [4.78, 5) is 10.9. The van der Waals surface area contributed by atoms with Crippen LogP contribution in [0.5, 0.6) is 0 Å². The van der Waals surface area contributed by atoms with Crippen LogP contribution in [0.1, 0.15) is 26.2 Å². The molecule has 0 unspecified atom stereocenters. The molecular weight excluding hydrogens is 216 g/mol. The van der Waals surface area contributed by atoms with Gasteiger partial charge in [-0.15, -0.1) is 0 Å². The molecule has 1 aliphatic rings. The second-order valence-corrected chi connectivity index (χ2v) is 5.71. The Kier molecular flexibility index (Phi) is 4.53. The molecule has 88 valence electrons. The van der Waals surface area contributed by atoms with Crippen molar-refractivity contribution in [2.24, 2.45) is 0 Å². The lowest BCUT2D eigenvalue weighted by Crippen LogP contribution is -2.42. The zero-order valence-electron chi connectivity index (χ0n) is 9.03. The van der Waals surface area contributed by atoms with Crippen molar-refractivity contribution < 1.29 is 13.2 Å². The summed E-state index contributed by atoms with van der Waals surface area (Å²) in [6.07, 6.45) is 2.11. The Hall–Kier alpha value is -0.620. The molecule has 0 aromatic carbocycles. The van der Waals surface area contributed by atoms with Crippen LogP contribution in [-0.2, 0) is 14.8 Å². The lowest BCUT2D eigenvalue weighted by Gasteiger charge is -2.26. The van der Waals surface area contributed by atoms with E-state index in [0.717, 1.165) is 12.8 Å². The van der Waals surface area contributed by atoms with Crippen molar-refractivity contribution in [3.05, 3.63) is 0 Å². The van der Waals surface area contributed by atoms with Crippen molar-refractivity contribution in [3.63, 3.8) is 0 Å². The highest BCUT2D eigenvalue weighted by Crippen LogP contribution is 2.12. The largest absolute Gasteiger partial charge is 0.355 e. The minimum absolute atomic E-state index is 0.0376. The maximum Gasteiger partial charge on any atom is 0.219 e. The first-order valence-corrected chi connectivity index (χ1v) is 6.91. The monoisotopic (exact) mass is 234 g/mol. The second-order valence-electron chi connectivity index (χ2n) is 3.63. The summed E-state index contributed by atoms with van der Waals surface area (Å²) in [5.74, 6) is 0.207. The van der Waals surface area contributed by atoms with Gasteiger partial charge in [0, 0.05) is 26.1 Å². The molecule has 0 bridgehead atoms. The fraction of sp³-hybridized carbons (Fsp3) is 0.889. The van der Waals surface area contributed by atoms with Gasteiger partial charge < -0.3 is 5.32 Å². The summed E-state index contributed by atoms with van der Waals surface area (Å²) in [6.45, 7) is 3.16. The van der Waals surface area contributed by atoms with Gasteiger partial charge in [-0.05, 0) is 12.8 Å². The van der Waals surface area contributed by atoms with Crippen LogP contribution in [-0.4, -0.2) is 44.0 Å². The van der Waals surface area contributed by atoms with E-state index < -0.39 is 10.0 Å². The Morgan fingerprint density at radius 3 is 2.73 bits per heavy atom. The van der Waals surface area contributed by atoms with Gasteiger partial charge in [0.1, 0.15) is 0 Å². The van der Waals surface area contributed by atoms with Crippen molar-refractivity contribution in [2.45, 2.75) is 26.2 Å². The molecule has 6 heteroatoms. The van der Waals surface area contributed by atoms with Gasteiger partial charge in [0.15, 0.2) is 0 Å². The van der Waals surface area contributed by atoms with E-state index >= 15 is 0 Å². The number of nitrogens with zero attached hydrogens (tertiary/aromatic N) is 1. The molecule has 1 saturated heterocycles. The van der Waals surface area contributed by atoms with Crippen LogP contribution in [0.3, 0.4) is 0 Å². The maximum absolute atomic E-state index is 11.5. The molecule has 1 heterocycles. The van der Waals surface area contributed by atoms with Crippen molar-refractivity contribution in [3.8, 4) is 0 Å². The molecule has 0 spiro atoms. The molecule has 0 aliphatic carbocycles. The molecule has 1 fully saturated rings. The first-order valence-electron chi connectivity index (χ1n) is 5.31. The predicted octanol–water partition coefficient (Wildman–Crippen LogP) is -0.0618. The van der Waals surface area contributed by atoms with Gasteiger partial charge in [-0.25, -0.2) is 12.7 Å². The Morgan fingerprint density at radius 1 is 1.40 bits per heavy atom. The number of rotatable bonds is 4. The molecule has 0 aromatic rings. The Balaban J connectivity index is 2.34. The third-order valence-electron chi connectivity index (χ3n) is 2.46. The average Bonchev–Trinajstić information content (AvgIpc) is 2.20. The van der Waals surface area contributed by atoms with Crippen molar-refractivity contribution in [1.82, 2.24) is 9.62 Å². The van der Waals surface area contributed by atoms with Gasteiger partial charge in [-0.2, -0.15) is 0 Å². The number of amides is 1. The van der Waals surface area contributed by atoms with E-state index in [0.29, 0.717) is 26.1 Å². The number of hydrogen-bond donors (Lipinski definition) is 1. The fourth-order valence-corrected chi connectivity index (χ4v) is 3.14. The topological polar surface area (TPSA) is 66.5 Å². The third kappa shape index (κ3) is 3.79. The highest BCUT2D eigenvalue weighted by Gasteiger charge is 2.24. The number of sulfonamides is 1. The van der Waals surface area contributed by atoms with Gasteiger partial charge >= 0.3 is 0 Å². The molecule has 1 aliphatic heterocycles. The molecule has 1 N–H and O–H groups in total. The summed E-state index contributed by atoms with van der Waals surface area (Å²) in [7, 11) is -3.05. The molecular formula is C9H18N2O3S. The van der Waals surface area contributed by atoms with E-state index in [2.05, 4.69) is 5.32 Å². The lowest BCUT2D eigenvalue weighted by atomic mass is 10.3. The molecule has 0 saturated carbocycles. The highest BCUT2D eigenvalue weighted by atomic mass is 32.2. The van der Waals surface area contributed by atoms with Crippen LogP contribution in [0.4, 0.5) is 0 Å². The van der Waals surface area contributed by atoms with Gasteiger partial charge in [-0.3, -0.25) is 4.79 Å². The average molecular weight is 234 g/mol. The highest BCUT2D eigenvalue weighted by molar-refractivity contribution is 7.89. The molecule has 0 aromatic heterocycles. The first-order chi connectivity index (χ1) is 7.06. The number of hydrogen-bond acceptors (Lipinski definition) is 3. The summed E-state index contributed by atoms with van der Waals surface area (Å²) in [5.41, 5.74) is 0. The minimum atomic E-state index is -3.05. The molecule has 0 atom stereocenters. The van der Waals surface area contributed by atoms with Crippen LogP contribution in [0.25, 0.3) is 0 Å². The van der Waals surface area contributed by atoms with Gasteiger partial charge in [0.2, 0.25) is 15.9 Å². The Labute approximate surface area is 90.9 Å². The number of carbonyl (C=O) groups is 1. The van der Waals surface area contributed by atoms with E-state index in [4.69, 9.17) is 0 Å². The van der Waals surface area contributed by atoms with Gasteiger partial charge in [0.25, 0.3) is 0 Å². The molecule has 0 radical (unpaired) electrons. The summed E-state index contributed by atoms with van der Waals surface area (Å²) < 4.78 is 24.5. The maximum atomic E-state index is 11.5. The van der Waals surface area contributed by atoms with Crippen LogP contribution >= 0.6 is 0 Å². The van der Waals surface area contributed by atoms with Crippen LogP contribution < -0.4 is 5.32 Å². The number of nitrogens with one attached hydrogen (secondary N) is 1. The summed E-state index contributed by atoms with van der Waals surface area (Å²) in [6, 6.07) is 0. The second kappa shape index (κ2) is 5.46. The van der Waals surface area contributed by atoms with E-state index in [-0.39, 0.29) is 11.7 Å². The normalized spacial score (nSPS) is 21.1. The summed E-state index contributed by atoms with van der Waals surface area (Å²) in [5, 5.41) is 2.67. The van der Waals surface area contributed by atoms with Crippen molar-refractivity contribution in [2.75, 3.05) is 25.4 Å². The zero-order chi connectivity index (χ0) is 11.3. The van der Waals surface area contributed by atoms with Gasteiger partial charge in [0.05, 0.1) is 5.75 Å². The number of carbonyl (C=O) groups excluding carboxylic acids is 1. The lowest BCUT2D eigenvalue weighted by molar-refractivity contribution is -0.120. The zero-order valence-corrected chi connectivity index (χ0v) is 9.85. The molecule has 5 nitrogen and oxygen atoms in total. The van der Waals surface area contributed by atoms with Gasteiger partial charge in [-0.1, -0.05) is 6.92 Å². The predicted molar refractivity (Wildman–Crippen MR) is 57.9 cm³/mol. The third-order valence-corrected chi connectivity index (χ3v) is 4.41. The summed E-state index contributed by atoms with van der Waals surface area (Å²) >= 11 is 0. The van der Waals surface area contributed by atoms with Crippen molar-refractivity contribution >= 4 is 15.9 Å². The minimum Gasteiger partial charge on any atom is -0.355 e. The molecule has 15 heavy (non-hydrogen) atoms. The van der Waals surface area contributed by atoms with Crippen LogP contribution in [0, 0.1) is 0 Å².